The summed E-state index contributed by atoms with van der Waals surface area (Å²) in [6.45, 7) is 7.27. The molecule has 0 bridgehead atoms. The molecule has 1 aromatic carbocycles. The van der Waals surface area contributed by atoms with E-state index in [0.717, 1.165) is 12.1 Å². The highest BCUT2D eigenvalue weighted by Crippen LogP contribution is 2.07. The molecular weight excluding hydrogens is 272 g/mol. The van der Waals surface area contributed by atoms with E-state index >= 15 is 0 Å². The lowest BCUT2D eigenvalue weighted by molar-refractivity contribution is -0.141. The Balaban J connectivity index is 2.36. The van der Waals surface area contributed by atoms with Gasteiger partial charge in [0.1, 0.15) is 0 Å². The Bertz CT molecular complexity index is 381. The summed E-state index contributed by atoms with van der Waals surface area (Å²) >= 11 is 5.29. The van der Waals surface area contributed by atoms with Gasteiger partial charge in [-0.15, -0.1) is 0 Å². The van der Waals surface area contributed by atoms with Gasteiger partial charge in [-0.3, -0.25) is 0 Å². The van der Waals surface area contributed by atoms with Crippen LogP contribution in [0.1, 0.15) is 27.2 Å². The molecule has 1 rings (SSSR count). The first-order valence-electron chi connectivity index (χ1n) is 7.01. The van der Waals surface area contributed by atoms with Crippen LogP contribution >= 0.6 is 12.2 Å². The van der Waals surface area contributed by atoms with Crippen LogP contribution in [0.4, 0.5) is 5.69 Å². The molecule has 2 N–H and O–H groups in total. The average molecular weight is 296 g/mol. The van der Waals surface area contributed by atoms with Crippen molar-refractivity contribution in [1.82, 2.24) is 5.32 Å². The summed E-state index contributed by atoms with van der Waals surface area (Å²) in [6.07, 6.45) is 0.560. The molecule has 0 radical (unpaired) electrons. The molecule has 0 saturated carbocycles. The minimum absolute atomic E-state index is 0.168. The highest BCUT2D eigenvalue weighted by atomic mass is 32.1. The molecule has 5 heteroatoms. The summed E-state index contributed by atoms with van der Waals surface area (Å²) in [5, 5.41) is 6.99. The Hall–Kier alpha value is -1.17. The van der Waals surface area contributed by atoms with Crippen LogP contribution in [-0.4, -0.2) is 30.7 Å². The molecule has 112 valence electrons. The molecule has 0 spiro atoms. The molecule has 0 fully saturated rings. The minimum Gasteiger partial charge on any atom is -0.360 e. The summed E-state index contributed by atoms with van der Waals surface area (Å²) in [5.41, 5.74) is 0.975. The first kappa shape index (κ1) is 16.9. The first-order valence-corrected chi connectivity index (χ1v) is 7.42. The summed E-state index contributed by atoms with van der Waals surface area (Å²) in [7, 11) is 0. The lowest BCUT2D eigenvalue weighted by Crippen LogP contribution is -2.38. The number of thiocarbonyl (C=S) groups is 1. The van der Waals surface area contributed by atoms with E-state index < -0.39 is 0 Å². The number of rotatable bonds is 8. The molecule has 0 aliphatic heterocycles. The predicted octanol–water partition coefficient (Wildman–Crippen LogP) is 3.15. The third-order valence-electron chi connectivity index (χ3n) is 2.66. The van der Waals surface area contributed by atoms with Crippen molar-refractivity contribution in [2.45, 2.75) is 39.5 Å². The standard InChI is InChI=1S/C15H24N2O2S/c1-4-18-14(19-5-2)11-12(3)16-15(20)17-13-9-7-6-8-10-13/h6-10,12,14H,4-5,11H2,1-3H3,(H2,16,17,20). The second-order valence-electron chi connectivity index (χ2n) is 4.44. The normalized spacial score (nSPS) is 12.2. The maximum absolute atomic E-state index is 5.53. The Morgan fingerprint density at radius 1 is 1.15 bits per heavy atom. The summed E-state index contributed by atoms with van der Waals surface area (Å²) in [4.78, 5) is 0. The van der Waals surface area contributed by atoms with Crippen LogP contribution in [0.3, 0.4) is 0 Å². The smallest absolute Gasteiger partial charge is 0.170 e. The number of para-hydroxylation sites is 1. The van der Waals surface area contributed by atoms with Gasteiger partial charge in [-0.2, -0.15) is 0 Å². The lowest BCUT2D eigenvalue weighted by Gasteiger charge is -2.22. The Morgan fingerprint density at radius 3 is 2.30 bits per heavy atom. The zero-order chi connectivity index (χ0) is 14.8. The maximum atomic E-state index is 5.53. The van der Waals surface area contributed by atoms with Gasteiger partial charge in [0, 0.05) is 31.4 Å². The molecule has 1 atom stereocenters. The van der Waals surface area contributed by atoms with E-state index in [-0.39, 0.29) is 12.3 Å². The third-order valence-corrected chi connectivity index (χ3v) is 2.88. The van der Waals surface area contributed by atoms with Crippen molar-refractivity contribution in [3.63, 3.8) is 0 Å². The lowest BCUT2D eigenvalue weighted by atomic mass is 10.2. The van der Waals surface area contributed by atoms with Crippen molar-refractivity contribution in [1.29, 1.82) is 0 Å². The fraction of sp³-hybridized carbons (Fsp3) is 0.533. The zero-order valence-corrected chi connectivity index (χ0v) is 13.2. The van der Waals surface area contributed by atoms with Gasteiger partial charge in [0.05, 0.1) is 0 Å². The Labute approximate surface area is 126 Å². The third kappa shape index (κ3) is 6.84. The van der Waals surface area contributed by atoms with E-state index in [2.05, 4.69) is 17.6 Å². The van der Waals surface area contributed by atoms with Crippen molar-refractivity contribution >= 4 is 23.0 Å². The second kappa shape index (κ2) is 9.69. The van der Waals surface area contributed by atoms with Gasteiger partial charge in [0.2, 0.25) is 0 Å². The SMILES string of the molecule is CCOC(CC(C)NC(=S)Nc1ccccc1)OCC. The molecule has 20 heavy (non-hydrogen) atoms. The highest BCUT2D eigenvalue weighted by molar-refractivity contribution is 7.80. The number of hydrogen-bond donors (Lipinski definition) is 2. The van der Waals surface area contributed by atoms with Crippen molar-refractivity contribution in [2.75, 3.05) is 18.5 Å². The van der Waals surface area contributed by atoms with Gasteiger partial charge in [0.25, 0.3) is 0 Å². The minimum atomic E-state index is -0.188. The second-order valence-corrected chi connectivity index (χ2v) is 4.85. The summed E-state index contributed by atoms with van der Waals surface area (Å²) in [6, 6.07) is 10.0. The molecule has 0 saturated heterocycles. The van der Waals surface area contributed by atoms with Crippen LogP contribution in [0.2, 0.25) is 0 Å². The van der Waals surface area contributed by atoms with Crippen LogP contribution in [-0.2, 0) is 9.47 Å². The summed E-state index contributed by atoms with van der Waals surface area (Å²) < 4.78 is 11.1. The van der Waals surface area contributed by atoms with Gasteiger partial charge in [-0.05, 0) is 45.1 Å². The van der Waals surface area contributed by atoms with Crippen molar-refractivity contribution in [3.8, 4) is 0 Å². The Morgan fingerprint density at radius 2 is 1.75 bits per heavy atom. The van der Waals surface area contributed by atoms with Crippen LogP contribution in [0.25, 0.3) is 0 Å². The van der Waals surface area contributed by atoms with Gasteiger partial charge < -0.3 is 20.1 Å². The molecule has 0 aliphatic carbocycles. The summed E-state index contributed by atoms with van der Waals surface area (Å²) in [5.74, 6) is 0. The van der Waals surface area contributed by atoms with Gasteiger partial charge in [-0.1, -0.05) is 18.2 Å². The predicted molar refractivity (Wildman–Crippen MR) is 86.9 cm³/mol. The van der Waals surface area contributed by atoms with Crippen LogP contribution < -0.4 is 10.6 Å². The van der Waals surface area contributed by atoms with E-state index in [1.165, 1.54) is 0 Å². The molecule has 1 unspecified atom stereocenters. The van der Waals surface area contributed by atoms with Crippen molar-refractivity contribution in [2.24, 2.45) is 0 Å². The average Bonchev–Trinajstić information content (AvgIpc) is 2.40. The molecule has 0 aliphatic rings. The number of benzene rings is 1. The van der Waals surface area contributed by atoms with Gasteiger partial charge in [-0.25, -0.2) is 0 Å². The molecule has 0 aromatic heterocycles. The number of ether oxygens (including phenoxy) is 2. The van der Waals surface area contributed by atoms with Gasteiger partial charge in [0.15, 0.2) is 11.4 Å². The quantitative estimate of drug-likeness (QED) is 0.570. The number of nitrogens with one attached hydrogen (secondary N) is 2. The van der Waals surface area contributed by atoms with Crippen LogP contribution in [0.5, 0.6) is 0 Å². The molecule has 0 heterocycles. The first-order chi connectivity index (χ1) is 9.65. The van der Waals surface area contributed by atoms with Crippen molar-refractivity contribution < 1.29 is 9.47 Å². The monoisotopic (exact) mass is 296 g/mol. The topological polar surface area (TPSA) is 42.5 Å². The van der Waals surface area contributed by atoms with E-state index in [9.17, 15) is 0 Å². The Kier molecular flexibility index (Phi) is 8.18. The van der Waals surface area contributed by atoms with E-state index in [0.29, 0.717) is 18.3 Å². The van der Waals surface area contributed by atoms with Gasteiger partial charge >= 0.3 is 0 Å². The number of anilines is 1. The largest absolute Gasteiger partial charge is 0.360 e. The molecule has 0 amide bonds. The van der Waals surface area contributed by atoms with Crippen LogP contribution in [0.15, 0.2) is 30.3 Å². The van der Waals surface area contributed by atoms with Crippen molar-refractivity contribution in [3.05, 3.63) is 30.3 Å². The van der Waals surface area contributed by atoms with E-state index in [4.69, 9.17) is 21.7 Å². The molecule has 1 aromatic rings. The fourth-order valence-electron chi connectivity index (χ4n) is 1.82. The molecular formula is C15H24N2O2S. The molecule has 4 nitrogen and oxygen atoms in total. The van der Waals surface area contributed by atoms with Crippen LogP contribution in [0, 0.1) is 0 Å². The zero-order valence-electron chi connectivity index (χ0n) is 12.4. The fourth-order valence-corrected chi connectivity index (χ4v) is 2.14. The van der Waals surface area contributed by atoms with E-state index in [1.807, 2.05) is 44.2 Å². The number of hydrogen-bond acceptors (Lipinski definition) is 3. The maximum Gasteiger partial charge on any atom is 0.170 e. The van der Waals surface area contributed by atoms with E-state index in [1.54, 1.807) is 0 Å². The highest BCUT2D eigenvalue weighted by Gasteiger charge is 2.14.